The summed E-state index contributed by atoms with van der Waals surface area (Å²) in [5.41, 5.74) is 8.61. The summed E-state index contributed by atoms with van der Waals surface area (Å²) in [5.74, 6) is 3.24. The number of hydrogen-bond acceptors (Lipinski definition) is 8. The molecule has 0 amide bonds. The number of aromatic nitrogens is 3. The zero-order chi connectivity index (χ0) is 26.5. The van der Waals surface area contributed by atoms with Crippen LogP contribution in [0.5, 0.6) is 11.5 Å². The number of nitrogens with two attached hydrogens (primary N) is 1. The number of nitrogen functional groups attached to an aromatic ring is 1. The fourth-order valence-corrected chi connectivity index (χ4v) is 3.50. The van der Waals surface area contributed by atoms with E-state index in [0.717, 1.165) is 60.1 Å². The molecule has 2 heterocycles. The summed E-state index contributed by atoms with van der Waals surface area (Å²) in [4.78, 5) is 15.3. The molecule has 0 unspecified atom stereocenters. The molecule has 1 aromatic carbocycles. The van der Waals surface area contributed by atoms with Gasteiger partial charge in [0.1, 0.15) is 23.1 Å². The second kappa shape index (κ2) is 14.4. The van der Waals surface area contributed by atoms with Crippen LogP contribution in [0.15, 0.2) is 79.0 Å². The van der Waals surface area contributed by atoms with Gasteiger partial charge in [-0.2, -0.15) is 4.98 Å². The lowest BCUT2D eigenvalue weighted by Gasteiger charge is -2.18. The lowest BCUT2D eigenvalue weighted by molar-refractivity contribution is 0.277. The van der Waals surface area contributed by atoms with Crippen molar-refractivity contribution in [2.75, 3.05) is 43.8 Å². The second-order valence-electron chi connectivity index (χ2n) is 8.47. The first-order valence-electron chi connectivity index (χ1n) is 12.3. The van der Waals surface area contributed by atoms with Crippen molar-refractivity contribution in [1.82, 2.24) is 15.0 Å². The highest BCUT2D eigenvalue weighted by Crippen LogP contribution is 2.27. The first-order chi connectivity index (χ1) is 18.0. The van der Waals surface area contributed by atoms with Gasteiger partial charge in [-0.3, -0.25) is 0 Å². The number of nitrogens with one attached hydrogen (secondary N) is 1. The van der Waals surface area contributed by atoms with Crippen LogP contribution in [0.2, 0.25) is 0 Å². The fraction of sp³-hybridized carbons (Fsp3) is 0.276. The number of pyridine rings is 1. The SMILES string of the molecule is CCCCN(C)c1cc(Oc2ccc(Nc3cc(C4=CC=CCC=C4)nc(N)n3)cc2)ccn1.COC. The molecule has 0 spiro atoms. The normalized spacial score (nSPS) is 12.2. The zero-order valence-corrected chi connectivity index (χ0v) is 22.0. The minimum absolute atomic E-state index is 0.222. The van der Waals surface area contributed by atoms with Crippen LogP contribution >= 0.6 is 0 Å². The van der Waals surface area contributed by atoms with Crippen LogP contribution in [0.3, 0.4) is 0 Å². The molecule has 0 saturated carbocycles. The molecule has 194 valence electrons. The Balaban J connectivity index is 0.00000121. The number of anilines is 4. The molecule has 3 N–H and O–H groups in total. The molecule has 0 bridgehead atoms. The molecule has 2 aromatic heterocycles. The van der Waals surface area contributed by atoms with Gasteiger partial charge in [-0.15, -0.1) is 0 Å². The smallest absolute Gasteiger partial charge is 0.222 e. The van der Waals surface area contributed by atoms with E-state index in [0.29, 0.717) is 5.82 Å². The predicted octanol–water partition coefficient (Wildman–Crippen LogP) is 6.39. The Hall–Kier alpha value is -4.17. The number of unbranched alkanes of at least 4 members (excludes halogenated alkanes) is 1. The second-order valence-corrected chi connectivity index (χ2v) is 8.47. The number of benzene rings is 1. The number of ether oxygens (including phenoxy) is 2. The molecular formula is C29H36N6O2. The van der Waals surface area contributed by atoms with Crippen LogP contribution in [0.4, 0.5) is 23.3 Å². The van der Waals surface area contributed by atoms with Gasteiger partial charge >= 0.3 is 0 Å². The summed E-state index contributed by atoms with van der Waals surface area (Å²) >= 11 is 0. The van der Waals surface area contributed by atoms with E-state index in [1.807, 2.05) is 67.7 Å². The van der Waals surface area contributed by atoms with Crippen LogP contribution in [0.25, 0.3) is 5.57 Å². The maximum absolute atomic E-state index is 6.05. The topological polar surface area (TPSA) is 98.4 Å². The first-order valence-corrected chi connectivity index (χ1v) is 12.3. The minimum Gasteiger partial charge on any atom is -0.457 e. The van der Waals surface area contributed by atoms with Gasteiger partial charge in [0.25, 0.3) is 0 Å². The van der Waals surface area contributed by atoms with Crippen LogP contribution in [-0.4, -0.2) is 42.8 Å². The number of allylic oxidation sites excluding steroid dienone is 6. The summed E-state index contributed by atoms with van der Waals surface area (Å²) in [6.45, 7) is 3.15. The van der Waals surface area contributed by atoms with Gasteiger partial charge in [0.05, 0.1) is 5.69 Å². The Kier molecular flexibility index (Phi) is 10.7. The van der Waals surface area contributed by atoms with Crippen molar-refractivity contribution in [3.63, 3.8) is 0 Å². The van der Waals surface area contributed by atoms with Crippen molar-refractivity contribution in [2.45, 2.75) is 26.2 Å². The average Bonchev–Trinajstić information content (AvgIpc) is 3.19. The van der Waals surface area contributed by atoms with Crippen LogP contribution in [0.1, 0.15) is 31.9 Å². The third kappa shape index (κ3) is 8.77. The van der Waals surface area contributed by atoms with Crippen molar-refractivity contribution >= 4 is 28.8 Å². The minimum atomic E-state index is 0.222. The summed E-state index contributed by atoms with van der Waals surface area (Å²) in [6, 6.07) is 13.4. The molecule has 0 fully saturated rings. The van der Waals surface area contributed by atoms with E-state index < -0.39 is 0 Å². The molecule has 4 rings (SSSR count). The molecule has 1 aliphatic carbocycles. The maximum Gasteiger partial charge on any atom is 0.222 e. The van der Waals surface area contributed by atoms with Crippen molar-refractivity contribution in [2.24, 2.45) is 0 Å². The van der Waals surface area contributed by atoms with E-state index in [4.69, 9.17) is 10.5 Å². The van der Waals surface area contributed by atoms with Crippen LogP contribution in [-0.2, 0) is 4.74 Å². The van der Waals surface area contributed by atoms with Crippen molar-refractivity contribution < 1.29 is 9.47 Å². The Morgan fingerprint density at radius 2 is 1.81 bits per heavy atom. The van der Waals surface area contributed by atoms with Gasteiger partial charge in [0.15, 0.2) is 0 Å². The van der Waals surface area contributed by atoms with Gasteiger partial charge in [-0.25, -0.2) is 9.97 Å². The lowest BCUT2D eigenvalue weighted by Crippen LogP contribution is -2.19. The van der Waals surface area contributed by atoms with Crippen molar-refractivity contribution in [3.8, 4) is 11.5 Å². The third-order valence-corrected chi connectivity index (χ3v) is 5.34. The Morgan fingerprint density at radius 3 is 2.57 bits per heavy atom. The highest BCUT2D eigenvalue weighted by atomic mass is 16.5. The number of hydrogen-bond donors (Lipinski definition) is 2. The molecule has 1 aliphatic rings. The van der Waals surface area contributed by atoms with Gasteiger partial charge in [0, 0.05) is 57.4 Å². The molecule has 0 aliphatic heterocycles. The quantitative estimate of drug-likeness (QED) is 0.349. The van der Waals surface area contributed by atoms with Crippen LogP contribution < -0.4 is 20.7 Å². The first kappa shape index (κ1) is 27.4. The van der Waals surface area contributed by atoms with E-state index >= 15 is 0 Å². The maximum atomic E-state index is 6.05. The van der Waals surface area contributed by atoms with E-state index in [-0.39, 0.29) is 5.95 Å². The largest absolute Gasteiger partial charge is 0.457 e. The van der Waals surface area contributed by atoms with Crippen LogP contribution in [0, 0.1) is 0 Å². The van der Waals surface area contributed by atoms with Crippen molar-refractivity contribution in [3.05, 3.63) is 84.7 Å². The van der Waals surface area contributed by atoms with E-state index in [9.17, 15) is 0 Å². The van der Waals surface area contributed by atoms with Crippen molar-refractivity contribution in [1.29, 1.82) is 0 Å². The lowest BCUT2D eigenvalue weighted by atomic mass is 10.1. The summed E-state index contributed by atoms with van der Waals surface area (Å²) in [6.07, 6.45) is 15.2. The summed E-state index contributed by atoms with van der Waals surface area (Å²) < 4.78 is 10.3. The van der Waals surface area contributed by atoms with E-state index in [1.54, 1.807) is 20.4 Å². The molecular weight excluding hydrogens is 464 g/mol. The summed E-state index contributed by atoms with van der Waals surface area (Å²) in [7, 11) is 5.30. The van der Waals surface area contributed by atoms with Gasteiger partial charge < -0.3 is 25.4 Å². The molecule has 0 atom stereocenters. The van der Waals surface area contributed by atoms with Gasteiger partial charge in [0.2, 0.25) is 5.95 Å². The Bertz CT molecular complexity index is 1220. The molecule has 3 aromatic rings. The number of methoxy groups -OCH3 is 1. The molecule has 0 radical (unpaired) electrons. The fourth-order valence-electron chi connectivity index (χ4n) is 3.50. The highest BCUT2D eigenvalue weighted by molar-refractivity contribution is 5.76. The monoisotopic (exact) mass is 500 g/mol. The van der Waals surface area contributed by atoms with E-state index in [1.165, 1.54) is 0 Å². The van der Waals surface area contributed by atoms with Gasteiger partial charge in [-0.05, 0) is 43.2 Å². The average molecular weight is 501 g/mol. The van der Waals surface area contributed by atoms with E-state index in [2.05, 4.69) is 49.0 Å². The van der Waals surface area contributed by atoms with Gasteiger partial charge in [-0.1, -0.05) is 43.7 Å². The Labute approximate surface area is 219 Å². The zero-order valence-electron chi connectivity index (χ0n) is 22.0. The Morgan fingerprint density at radius 1 is 1.03 bits per heavy atom. The third-order valence-electron chi connectivity index (χ3n) is 5.34. The highest BCUT2D eigenvalue weighted by Gasteiger charge is 2.08. The predicted molar refractivity (Wildman–Crippen MR) is 152 cm³/mol. The standard InChI is InChI=1S/C27H30N6O.C2H6O/c1-3-4-17-33(2)26-18-23(15-16-29-26)34-22-13-11-21(12-14-22)30-25-19-24(31-27(28)32-25)20-9-7-5-6-8-10-20;1-3-2/h5,7-16,18-19H,3-4,6,17H2,1-2H3,(H3,28,30,31,32);1-2H3. The molecule has 37 heavy (non-hydrogen) atoms. The number of nitrogens with zero attached hydrogens (tertiary/aromatic N) is 4. The summed E-state index contributed by atoms with van der Waals surface area (Å²) in [5, 5.41) is 3.30. The molecule has 8 nitrogen and oxygen atoms in total. The number of rotatable bonds is 9. The molecule has 0 saturated heterocycles. The molecule has 8 heteroatoms.